The number of hydrogen-bond donors (Lipinski definition) is 3. The van der Waals surface area contributed by atoms with Crippen molar-refractivity contribution in [2.24, 2.45) is 5.41 Å². The highest BCUT2D eigenvalue weighted by Crippen LogP contribution is 2.38. The van der Waals surface area contributed by atoms with E-state index in [2.05, 4.69) is 13.5 Å². The van der Waals surface area contributed by atoms with Gasteiger partial charge in [-0.15, -0.1) is 6.58 Å². The molecular formula is C20H36O7S. The molecule has 0 rings (SSSR count). The fraction of sp³-hybridized carbons (Fsp3) is 0.800. The molecule has 0 bridgehead atoms. The van der Waals surface area contributed by atoms with E-state index in [9.17, 15) is 32.8 Å². The van der Waals surface area contributed by atoms with Crippen molar-refractivity contribution in [3.05, 3.63) is 12.7 Å². The fourth-order valence-corrected chi connectivity index (χ4v) is 4.80. The summed E-state index contributed by atoms with van der Waals surface area (Å²) in [5, 5.41) is 16.5. The van der Waals surface area contributed by atoms with Crippen molar-refractivity contribution in [2.45, 2.75) is 95.6 Å². The van der Waals surface area contributed by atoms with Gasteiger partial charge in [-0.05, 0) is 12.8 Å². The highest BCUT2D eigenvalue weighted by Gasteiger charge is 2.55. The van der Waals surface area contributed by atoms with Crippen LogP contribution in [0.2, 0.25) is 0 Å². The summed E-state index contributed by atoms with van der Waals surface area (Å²) in [6, 6.07) is 0. The number of carbonyl (C=O) groups is 2. The van der Waals surface area contributed by atoms with Gasteiger partial charge in [-0.2, -0.15) is 8.42 Å². The molecule has 0 aliphatic rings. The van der Waals surface area contributed by atoms with Crippen molar-refractivity contribution in [2.75, 3.05) is 0 Å². The van der Waals surface area contributed by atoms with Gasteiger partial charge in [0.25, 0.3) is 10.1 Å². The minimum Gasteiger partial charge on any atom is -0.481 e. The summed E-state index contributed by atoms with van der Waals surface area (Å²) >= 11 is 0. The van der Waals surface area contributed by atoms with Gasteiger partial charge >= 0.3 is 11.9 Å². The maximum Gasteiger partial charge on any atom is 0.325 e. The molecule has 7 nitrogen and oxygen atoms in total. The second-order valence-electron chi connectivity index (χ2n) is 7.47. The van der Waals surface area contributed by atoms with E-state index in [0.29, 0.717) is 12.8 Å². The molecule has 8 heteroatoms. The zero-order valence-corrected chi connectivity index (χ0v) is 17.8. The average molecular weight is 421 g/mol. The number of carboxylic acids is 2. The number of unbranched alkanes of at least 4 members (excludes halogenated alkanes) is 10. The van der Waals surface area contributed by atoms with Crippen LogP contribution in [0.25, 0.3) is 0 Å². The molecule has 0 radical (unpaired) electrons. The first-order chi connectivity index (χ1) is 13.1. The van der Waals surface area contributed by atoms with E-state index >= 15 is 0 Å². The van der Waals surface area contributed by atoms with Crippen molar-refractivity contribution >= 4 is 22.1 Å². The topological polar surface area (TPSA) is 129 Å². The molecule has 0 aromatic carbocycles. The largest absolute Gasteiger partial charge is 0.481 e. The normalized spacial score (nSPS) is 14.9. The first-order valence-electron chi connectivity index (χ1n) is 10.2. The molecule has 2 unspecified atom stereocenters. The van der Waals surface area contributed by atoms with Crippen molar-refractivity contribution in [1.29, 1.82) is 0 Å². The van der Waals surface area contributed by atoms with Crippen LogP contribution in [-0.4, -0.2) is 40.4 Å². The van der Waals surface area contributed by atoms with Crippen LogP contribution in [0.1, 0.15) is 90.4 Å². The van der Waals surface area contributed by atoms with E-state index in [1.807, 2.05) is 0 Å². The molecule has 0 heterocycles. The van der Waals surface area contributed by atoms with E-state index < -0.39 is 32.7 Å². The third-order valence-electron chi connectivity index (χ3n) is 5.18. The van der Waals surface area contributed by atoms with E-state index in [0.717, 1.165) is 19.3 Å². The number of hydrogen-bond acceptors (Lipinski definition) is 4. The van der Waals surface area contributed by atoms with Gasteiger partial charge in [-0.25, -0.2) is 0 Å². The van der Waals surface area contributed by atoms with Gasteiger partial charge in [0.05, 0.1) is 0 Å². The van der Waals surface area contributed by atoms with Crippen LogP contribution in [0.5, 0.6) is 0 Å². The summed E-state index contributed by atoms with van der Waals surface area (Å²) in [6.07, 6.45) is 12.1. The van der Waals surface area contributed by atoms with Crippen molar-refractivity contribution in [3.8, 4) is 0 Å². The quantitative estimate of drug-likeness (QED) is 0.167. The van der Waals surface area contributed by atoms with Gasteiger partial charge in [0.15, 0.2) is 5.25 Å². The van der Waals surface area contributed by atoms with E-state index in [1.54, 1.807) is 0 Å². The Morgan fingerprint density at radius 3 is 1.68 bits per heavy atom. The maximum absolute atomic E-state index is 11.8. The predicted octanol–water partition coefficient (Wildman–Crippen LogP) is 4.68. The second-order valence-corrected chi connectivity index (χ2v) is 8.97. The molecule has 0 aliphatic heterocycles. The van der Waals surface area contributed by atoms with Crippen molar-refractivity contribution in [3.63, 3.8) is 0 Å². The molecule has 164 valence electrons. The molecule has 28 heavy (non-hydrogen) atoms. The maximum atomic E-state index is 11.8. The molecule has 0 aromatic heterocycles. The Labute approximate surface area is 169 Å². The van der Waals surface area contributed by atoms with Crippen LogP contribution in [0.4, 0.5) is 0 Å². The first kappa shape index (κ1) is 26.6. The Morgan fingerprint density at radius 1 is 0.929 bits per heavy atom. The molecule has 3 N–H and O–H groups in total. The minimum atomic E-state index is -5.08. The number of carboxylic acid groups (broad SMARTS) is 2. The summed E-state index contributed by atoms with van der Waals surface area (Å²) in [5.41, 5.74) is -2.12. The van der Waals surface area contributed by atoms with Crippen LogP contribution in [0, 0.1) is 5.41 Å². The fourth-order valence-electron chi connectivity index (χ4n) is 3.66. The van der Waals surface area contributed by atoms with Gasteiger partial charge in [0.2, 0.25) is 0 Å². The molecule has 0 spiro atoms. The summed E-state index contributed by atoms with van der Waals surface area (Å²) in [5.74, 6) is -3.42. The Morgan fingerprint density at radius 2 is 1.36 bits per heavy atom. The summed E-state index contributed by atoms with van der Waals surface area (Å²) in [7, 11) is -5.08. The summed E-state index contributed by atoms with van der Waals surface area (Å²) in [4.78, 5) is 23.3. The predicted molar refractivity (Wildman–Crippen MR) is 109 cm³/mol. The SMILES string of the molecule is C=CCC(CCCCCCCCCCCCC)(C(=O)O)C(C(=O)O)S(=O)(=O)O. The van der Waals surface area contributed by atoms with Crippen LogP contribution >= 0.6 is 0 Å². The smallest absolute Gasteiger partial charge is 0.325 e. The van der Waals surface area contributed by atoms with E-state index in [1.165, 1.54) is 44.6 Å². The van der Waals surface area contributed by atoms with Crippen molar-refractivity contribution < 1.29 is 32.8 Å². The number of aliphatic carboxylic acids is 2. The van der Waals surface area contributed by atoms with Crippen LogP contribution < -0.4 is 0 Å². The Bertz CT molecular complexity index is 585. The number of allylic oxidation sites excluding steroid dienone is 1. The Hall–Kier alpha value is -1.41. The Balaban J connectivity index is 4.63. The highest BCUT2D eigenvalue weighted by atomic mass is 32.2. The van der Waals surface area contributed by atoms with E-state index in [4.69, 9.17) is 0 Å². The lowest BCUT2D eigenvalue weighted by atomic mass is 9.76. The monoisotopic (exact) mass is 420 g/mol. The lowest BCUT2D eigenvalue weighted by Crippen LogP contribution is -2.50. The van der Waals surface area contributed by atoms with Crippen LogP contribution in [0.3, 0.4) is 0 Å². The zero-order chi connectivity index (χ0) is 21.6. The van der Waals surface area contributed by atoms with Gasteiger partial charge in [-0.1, -0.05) is 83.6 Å². The minimum absolute atomic E-state index is 0.151. The lowest BCUT2D eigenvalue weighted by molar-refractivity contribution is -0.155. The van der Waals surface area contributed by atoms with Crippen molar-refractivity contribution in [1.82, 2.24) is 0 Å². The molecule has 2 atom stereocenters. The molecule has 0 amide bonds. The van der Waals surface area contributed by atoms with Gasteiger partial charge in [0.1, 0.15) is 5.41 Å². The van der Waals surface area contributed by atoms with Crippen LogP contribution in [-0.2, 0) is 19.7 Å². The van der Waals surface area contributed by atoms with Gasteiger partial charge in [-0.3, -0.25) is 14.1 Å². The number of rotatable bonds is 18. The van der Waals surface area contributed by atoms with Gasteiger partial charge < -0.3 is 10.2 Å². The molecule has 0 aromatic rings. The van der Waals surface area contributed by atoms with Gasteiger partial charge in [0, 0.05) is 0 Å². The first-order valence-corrected chi connectivity index (χ1v) is 11.7. The average Bonchev–Trinajstić information content (AvgIpc) is 2.57. The second kappa shape index (κ2) is 13.7. The molecule has 0 fully saturated rings. The third-order valence-corrected chi connectivity index (χ3v) is 6.43. The lowest BCUT2D eigenvalue weighted by Gasteiger charge is -2.32. The Kier molecular flexibility index (Phi) is 13.0. The van der Waals surface area contributed by atoms with Crippen LogP contribution in [0.15, 0.2) is 12.7 Å². The molecule has 0 saturated heterocycles. The summed E-state index contributed by atoms with van der Waals surface area (Å²) < 4.78 is 32.5. The zero-order valence-electron chi connectivity index (χ0n) is 16.9. The molecular weight excluding hydrogens is 384 g/mol. The van der Waals surface area contributed by atoms with E-state index in [-0.39, 0.29) is 12.8 Å². The third kappa shape index (κ3) is 9.19. The molecule has 0 saturated carbocycles. The highest BCUT2D eigenvalue weighted by molar-refractivity contribution is 7.87. The standard InChI is InChI=1S/C20H36O7S/c1-3-5-6-7-8-9-10-11-12-13-14-16-20(15-4-2,19(23)24)17(18(21)22)28(25,26)27/h4,17H,2-3,5-16H2,1H3,(H,21,22)(H,23,24)(H,25,26,27). The summed E-state index contributed by atoms with van der Waals surface area (Å²) in [6.45, 7) is 5.61. The molecule has 0 aliphatic carbocycles.